The zero-order valence-electron chi connectivity index (χ0n) is 10.9. The molecular formula is C13H18N4O. The van der Waals surface area contributed by atoms with Crippen molar-refractivity contribution in [2.24, 2.45) is 7.05 Å². The van der Waals surface area contributed by atoms with Crippen molar-refractivity contribution in [2.45, 2.75) is 6.54 Å². The molecule has 0 aliphatic rings. The predicted octanol–water partition coefficient (Wildman–Crippen LogP) is 1.65. The molecule has 2 N–H and O–H groups in total. The molecule has 1 aromatic carbocycles. The molecule has 2 rings (SSSR count). The van der Waals surface area contributed by atoms with Crippen LogP contribution in [0.5, 0.6) is 5.75 Å². The highest BCUT2D eigenvalue weighted by Gasteiger charge is 2.08. The van der Waals surface area contributed by atoms with E-state index >= 15 is 0 Å². The van der Waals surface area contributed by atoms with Crippen LogP contribution in [0.25, 0.3) is 0 Å². The minimum atomic E-state index is 0.738. The fraction of sp³-hybridized carbons (Fsp3) is 0.308. The summed E-state index contributed by atoms with van der Waals surface area (Å²) in [6.07, 6.45) is 3.85. The Bertz CT molecular complexity index is 536. The molecule has 0 atom stereocenters. The number of rotatable bonds is 4. The molecule has 0 bridgehead atoms. The summed E-state index contributed by atoms with van der Waals surface area (Å²) in [4.78, 5) is 2.08. The Morgan fingerprint density at radius 3 is 2.83 bits per heavy atom. The Hall–Kier alpha value is -2.17. The lowest BCUT2D eigenvalue weighted by Crippen LogP contribution is -2.17. The van der Waals surface area contributed by atoms with E-state index in [1.807, 2.05) is 44.7 Å². The van der Waals surface area contributed by atoms with E-state index in [2.05, 4.69) is 10.00 Å². The Kier molecular flexibility index (Phi) is 3.41. The number of nitrogens with two attached hydrogens (primary N) is 1. The van der Waals surface area contributed by atoms with Crippen LogP contribution in [0, 0.1) is 0 Å². The van der Waals surface area contributed by atoms with Gasteiger partial charge in [0.15, 0.2) is 0 Å². The molecule has 18 heavy (non-hydrogen) atoms. The number of nitrogen functional groups attached to an aromatic ring is 1. The van der Waals surface area contributed by atoms with Gasteiger partial charge in [0.2, 0.25) is 0 Å². The molecule has 5 nitrogen and oxygen atoms in total. The zero-order chi connectivity index (χ0) is 13.1. The minimum absolute atomic E-state index is 0.738. The number of hydrogen-bond acceptors (Lipinski definition) is 4. The zero-order valence-corrected chi connectivity index (χ0v) is 10.9. The summed E-state index contributed by atoms with van der Waals surface area (Å²) >= 11 is 0. The first-order valence-electron chi connectivity index (χ1n) is 5.72. The van der Waals surface area contributed by atoms with Gasteiger partial charge in [0, 0.05) is 38.5 Å². The number of anilines is 2. The first kappa shape index (κ1) is 12.3. The number of benzene rings is 1. The van der Waals surface area contributed by atoms with Crippen LogP contribution in [0.3, 0.4) is 0 Å². The molecule has 0 radical (unpaired) electrons. The summed E-state index contributed by atoms with van der Waals surface area (Å²) < 4.78 is 7.01. The molecule has 0 unspecified atom stereocenters. The van der Waals surface area contributed by atoms with Crippen molar-refractivity contribution in [3.05, 3.63) is 36.2 Å². The van der Waals surface area contributed by atoms with Gasteiger partial charge in [0.25, 0.3) is 0 Å². The van der Waals surface area contributed by atoms with Gasteiger partial charge < -0.3 is 15.4 Å². The number of methoxy groups -OCH3 is 1. The SMILES string of the molecule is COc1ccc(N)c(N(C)Cc2cnn(C)c2)c1. The van der Waals surface area contributed by atoms with Gasteiger partial charge in [-0.3, -0.25) is 4.68 Å². The minimum Gasteiger partial charge on any atom is -0.497 e. The molecule has 0 fully saturated rings. The summed E-state index contributed by atoms with van der Waals surface area (Å²) in [7, 11) is 5.55. The summed E-state index contributed by atoms with van der Waals surface area (Å²) in [5.41, 5.74) is 8.82. The van der Waals surface area contributed by atoms with E-state index in [4.69, 9.17) is 10.5 Å². The second kappa shape index (κ2) is 5.00. The summed E-state index contributed by atoms with van der Waals surface area (Å²) in [5, 5.41) is 4.15. The summed E-state index contributed by atoms with van der Waals surface area (Å²) in [6.45, 7) is 0.755. The van der Waals surface area contributed by atoms with Gasteiger partial charge in [-0.25, -0.2) is 0 Å². The lowest BCUT2D eigenvalue weighted by atomic mass is 10.2. The quantitative estimate of drug-likeness (QED) is 0.833. The largest absolute Gasteiger partial charge is 0.497 e. The lowest BCUT2D eigenvalue weighted by molar-refractivity contribution is 0.415. The Morgan fingerprint density at radius 1 is 1.44 bits per heavy atom. The molecule has 5 heteroatoms. The standard InChI is InChI=1S/C13H18N4O/c1-16(8-10-7-15-17(2)9-10)13-6-11(18-3)4-5-12(13)14/h4-7,9H,8,14H2,1-3H3. The molecule has 0 amide bonds. The highest BCUT2D eigenvalue weighted by molar-refractivity contribution is 5.69. The third-order valence-corrected chi connectivity index (χ3v) is 2.83. The number of ether oxygens (including phenoxy) is 1. The van der Waals surface area contributed by atoms with E-state index in [1.54, 1.807) is 11.8 Å². The summed E-state index contributed by atoms with van der Waals surface area (Å²) in [6, 6.07) is 5.65. The maximum Gasteiger partial charge on any atom is 0.121 e. The third-order valence-electron chi connectivity index (χ3n) is 2.83. The van der Waals surface area contributed by atoms with Crippen LogP contribution in [0.2, 0.25) is 0 Å². The molecule has 1 heterocycles. The topological polar surface area (TPSA) is 56.3 Å². The van der Waals surface area contributed by atoms with E-state index in [0.717, 1.165) is 29.2 Å². The first-order valence-corrected chi connectivity index (χ1v) is 5.72. The van der Waals surface area contributed by atoms with Gasteiger partial charge in [0.1, 0.15) is 5.75 Å². The molecule has 0 saturated carbocycles. The van der Waals surface area contributed by atoms with Crippen molar-refractivity contribution in [2.75, 3.05) is 24.8 Å². The molecule has 96 valence electrons. The van der Waals surface area contributed by atoms with Gasteiger partial charge in [-0.1, -0.05) is 0 Å². The Morgan fingerprint density at radius 2 is 2.22 bits per heavy atom. The second-order valence-corrected chi connectivity index (χ2v) is 4.30. The number of hydrogen-bond donors (Lipinski definition) is 1. The van der Waals surface area contributed by atoms with Gasteiger partial charge >= 0.3 is 0 Å². The van der Waals surface area contributed by atoms with Gasteiger partial charge in [-0.15, -0.1) is 0 Å². The average Bonchev–Trinajstić information content (AvgIpc) is 2.75. The van der Waals surface area contributed by atoms with Gasteiger partial charge in [0.05, 0.1) is 24.7 Å². The average molecular weight is 246 g/mol. The van der Waals surface area contributed by atoms with Crippen molar-refractivity contribution < 1.29 is 4.74 Å². The van der Waals surface area contributed by atoms with Crippen LogP contribution < -0.4 is 15.4 Å². The monoisotopic (exact) mass is 246 g/mol. The van der Waals surface area contributed by atoms with Gasteiger partial charge in [-0.2, -0.15) is 5.10 Å². The maximum absolute atomic E-state index is 5.99. The molecule has 2 aromatic rings. The highest BCUT2D eigenvalue weighted by atomic mass is 16.5. The Labute approximate surface area is 107 Å². The number of aryl methyl sites for hydroxylation is 1. The van der Waals surface area contributed by atoms with E-state index in [1.165, 1.54) is 0 Å². The van der Waals surface area contributed by atoms with Crippen molar-refractivity contribution in [1.82, 2.24) is 9.78 Å². The van der Waals surface area contributed by atoms with Crippen molar-refractivity contribution in [3.63, 3.8) is 0 Å². The van der Waals surface area contributed by atoms with E-state index < -0.39 is 0 Å². The molecular weight excluding hydrogens is 228 g/mol. The van der Waals surface area contributed by atoms with Crippen molar-refractivity contribution in [3.8, 4) is 5.75 Å². The van der Waals surface area contributed by atoms with Crippen LogP contribution in [-0.4, -0.2) is 23.9 Å². The number of aromatic nitrogens is 2. The number of nitrogens with zero attached hydrogens (tertiary/aromatic N) is 3. The fourth-order valence-corrected chi connectivity index (χ4v) is 1.89. The first-order chi connectivity index (χ1) is 8.60. The summed E-state index contributed by atoms with van der Waals surface area (Å²) in [5.74, 6) is 0.803. The van der Waals surface area contributed by atoms with Gasteiger partial charge in [-0.05, 0) is 12.1 Å². The lowest BCUT2D eigenvalue weighted by Gasteiger charge is -2.21. The van der Waals surface area contributed by atoms with E-state index in [9.17, 15) is 0 Å². The van der Waals surface area contributed by atoms with Crippen LogP contribution in [0.15, 0.2) is 30.6 Å². The van der Waals surface area contributed by atoms with E-state index in [0.29, 0.717) is 0 Å². The molecule has 0 aliphatic heterocycles. The van der Waals surface area contributed by atoms with Crippen LogP contribution in [0.4, 0.5) is 11.4 Å². The van der Waals surface area contributed by atoms with E-state index in [-0.39, 0.29) is 0 Å². The molecule has 0 aliphatic carbocycles. The van der Waals surface area contributed by atoms with Crippen LogP contribution in [0.1, 0.15) is 5.56 Å². The predicted molar refractivity (Wildman–Crippen MR) is 72.7 cm³/mol. The highest BCUT2D eigenvalue weighted by Crippen LogP contribution is 2.28. The van der Waals surface area contributed by atoms with Crippen LogP contribution >= 0.6 is 0 Å². The molecule has 0 spiro atoms. The third kappa shape index (κ3) is 2.56. The van der Waals surface area contributed by atoms with Crippen molar-refractivity contribution >= 4 is 11.4 Å². The molecule has 1 aromatic heterocycles. The Balaban J connectivity index is 2.20. The van der Waals surface area contributed by atoms with Crippen molar-refractivity contribution in [1.29, 1.82) is 0 Å². The fourth-order valence-electron chi connectivity index (χ4n) is 1.89. The maximum atomic E-state index is 5.99. The molecule has 0 saturated heterocycles. The smallest absolute Gasteiger partial charge is 0.121 e. The second-order valence-electron chi connectivity index (χ2n) is 4.30. The van der Waals surface area contributed by atoms with Crippen LogP contribution in [-0.2, 0) is 13.6 Å². The normalized spacial score (nSPS) is 10.4.